The number of aromatic amines is 1. The molecule has 1 aliphatic rings. The highest BCUT2D eigenvalue weighted by atomic mass is 35.5. The highest BCUT2D eigenvalue weighted by Crippen LogP contribution is 2.29. The number of aromatic nitrogens is 2. The summed E-state index contributed by atoms with van der Waals surface area (Å²) in [5.41, 5.74) is 7.22. The summed E-state index contributed by atoms with van der Waals surface area (Å²) in [6.07, 6.45) is 2.57. The number of hydrogen-bond donors (Lipinski definition) is 2. The Morgan fingerprint density at radius 3 is 2.91 bits per heavy atom. The average Bonchev–Trinajstić information content (AvgIpc) is 3.46. The molecular formula is C25H23ClN4O2S. The van der Waals surface area contributed by atoms with E-state index in [4.69, 9.17) is 11.6 Å². The van der Waals surface area contributed by atoms with Gasteiger partial charge in [0.25, 0.3) is 11.8 Å². The lowest BCUT2D eigenvalue weighted by Gasteiger charge is -2.30. The molecule has 8 heteroatoms. The van der Waals surface area contributed by atoms with Crippen LogP contribution in [0.4, 0.5) is 0 Å². The SMILES string of the molecule is Cc1ncc2c(c1CNC(=O)c1ccsc1)CCN(C(=O)c1[nH]c3ccc(Cl)cc3c1C)C2. The summed E-state index contributed by atoms with van der Waals surface area (Å²) in [4.78, 5) is 35.4. The summed E-state index contributed by atoms with van der Waals surface area (Å²) in [6, 6.07) is 7.41. The first-order chi connectivity index (χ1) is 15.9. The van der Waals surface area contributed by atoms with Gasteiger partial charge in [-0.2, -0.15) is 11.3 Å². The van der Waals surface area contributed by atoms with Crippen LogP contribution in [-0.4, -0.2) is 33.2 Å². The third-order valence-corrected chi connectivity index (χ3v) is 7.24. The molecule has 0 bridgehead atoms. The fourth-order valence-electron chi connectivity index (χ4n) is 4.47. The van der Waals surface area contributed by atoms with Crippen LogP contribution in [0.5, 0.6) is 0 Å². The molecule has 0 atom stereocenters. The molecule has 3 aromatic heterocycles. The van der Waals surface area contributed by atoms with Crippen molar-refractivity contribution in [3.63, 3.8) is 0 Å². The zero-order valence-corrected chi connectivity index (χ0v) is 19.9. The first-order valence-corrected chi connectivity index (χ1v) is 12.1. The monoisotopic (exact) mass is 478 g/mol. The number of carbonyl (C=O) groups excluding carboxylic acids is 2. The van der Waals surface area contributed by atoms with Crippen molar-refractivity contribution in [3.05, 3.63) is 85.5 Å². The first-order valence-electron chi connectivity index (χ1n) is 10.8. The van der Waals surface area contributed by atoms with Crippen LogP contribution in [0.3, 0.4) is 0 Å². The molecule has 0 fully saturated rings. The van der Waals surface area contributed by atoms with Crippen molar-refractivity contribution in [3.8, 4) is 0 Å². The fraction of sp³-hybridized carbons (Fsp3) is 0.240. The molecule has 1 aliphatic heterocycles. The van der Waals surface area contributed by atoms with Gasteiger partial charge < -0.3 is 15.2 Å². The molecule has 1 aromatic carbocycles. The normalized spacial score (nSPS) is 13.2. The van der Waals surface area contributed by atoms with Gasteiger partial charge in [0.2, 0.25) is 0 Å². The summed E-state index contributed by atoms with van der Waals surface area (Å²) in [7, 11) is 0. The lowest BCUT2D eigenvalue weighted by Crippen LogP contribution is -2.37. The molecule has 4 aromatic rings. The molecule has 4 heterocycles. The molecule has 2 amide bonds. The van der Waals surface area contributed by atoms with Crippen LogP contribution in [-0.2, 0) is 19.5 Å². The molecule has 5 rings (SSSR count). The Morgan fingerprint density at radius 2 is 2.12 bits per heavy atom. The molecule has 2 N–H and O–H groups in total. The van der Waals surface area contributed by atoms with Gasteiger partial charge in [-0.25, -0.2) is 0 Å². The number of halogens is 1. The van der Waals surface area contributed by atoms with Gasteiger partial charge in [0.1, 0.15) is 5.69 Å². The number of hydrogen-bond acceptors (Lipinski definition) is 4. The number of fused-ring (bicyclic) bond motifs is 2. The number of rotatable bonds is 4. The fourth-order valence-corrected chi connectivity index (χ4v) is 5.27. The number of amides is 2. The third kappa shape index (κ3) is 4.03. The smallest absolute Gasteiger partial charge is 0.270 e. The van der Waals surface area contributed by atoms with Gasteiger partial charge in [-0.15, -0.1) is 0 Å². The molecule has 0 saturated heterocycles. The lowest BCUT2D eigenvalue weighted by molar-refractivity contribution is 0.0728. The minimum Gasteiger partial charge on any atom is -0.350 e. The van der Waals surface area contributed by atoms with E-state index >= 15 is 0 Å². The Bertz CT molecular complexity index is 1380. The van der Waals surface area contributed by atoms with Crippen molar-refractivity contribution in [2.75, 3.05) is 6.54 Å². The van der Waals surface area contributed by atoms with E-state index in [0.717, 1.165) is 39.7 Å². The second-order valence-corrected chi connectivity index (χ2v) is 9.53. The van der Waals surface area contributed by atoms with Crippen LogP contribution in [0.25, 0.3) is 10.9 Å². The van der Waals surface area contributed by atoms with Crippen LogP contribution >= 0.6 is 22.9 Å². The molecule has 0 saturated carbocycles. The number of carbonyl (C=O) groups is 2. The number of pyridine rings is 1. The number of aryl methyl sites for hydroxylation is 2. The van der Waals surface area contributed by atoms with Gasteiger partial charge in [-0.05, 0) is 72.2 Å². The predicted molar refractivity (Wildman–Crippen MR) is 131 cm³/mol. The van der Waals surface area contributed by atoms with E-state index in [1.54, 1.807) is 0 Å². The minimum atomic E-state index is -0.0877. The second-order valence-electron chi connectivity index (χ2n) is 8.31. The summed E-state index contributed by atoms with van der Waals surface area (Å²) >= 11 is 7.64. The maximum atomic E-state index is 13.4. The highest BCUT2D eigenvalue weighted by Gasteiger charge is 2.27. The molecule has 33 heavy (non-hydrogen) atoms. The summed E-state index contributed by atoms with van der Waals surface area (Å²) in [5, 5.41) is 8.35. The third-order valence-electron chi connectivity index (χ3n) is 6.33. The van der Waals surface area contributed by atoms with E-state index < -0.39 is 0 Å². The molecule has 0 radical (unpaired) electrons. The Kier molecular flexibility index (Phi) is 5.68. The van der Waals surface area contributed by atoms with Gasteiger partial charge >= 0.3 is 0 Å². The van der Waals surface area contributed by atoms with E-state index in [1.165, 1.54) is 16.9 Å². The van der Waals surface area contributed by atoms with E-state index in [-0.39, 0.29) is 11.8 Å². The second kappa shape index (κ2) is 8.65. The zero-order chi connectivity index (χ0) is 23.1. The number of H-pyrrole nitrogens is 1. The molecule has 0 spiro atoms. The van der Waals surface area contributed by atoms with Crippen LogP contribution in [0.15, 0.2) is 41.2 Å². The van der Waals surface area contributed by atoms with Crippen LogP contribution in [0.2, 0.25) is 5.02 Å². The van der Waals surface area contributed by atoms with Gasteiger partial charge in [-0.1, -0.05) is 11.6 Å². The number of nitrogens with one attached hydrogen (secondary N) is 2. The topological polar surface area (TPSA) is 78.1 Å². The zero-order valence-electron chi connectivity index (χ0n) is 18.4. The quantitative estimate of drug-likeness (QED) is 0.432. The van der Waals surface area contributed by atoms with Crippen molar-refractivity contribution < 1.29 is 9.59 Å². The highest BCUT2D eigenvalue weighted by molar-refractivity contribution is 7.08. The summed E-state index contributed by atoms with van der Waals surface area (Å²) in [6.45, 7) is 5.42. The van der Waals surface area contributed by atoms with Crippen molar-refractivity contribution in [2.45, 2.75) is 33.4 Å². The number of nitrogens with zero attached hydrogens (tertiary/aromatic N) is 2. The lowest BCUT2D eigenvalue weighted by atomic mass is 9.94. The minimum absolute atomic E-state index is 0.0293. The van der Waals surface area contributed by atoms with Crippen molar-refractivity contribution in [1.29, 1.82) is 0 Å². The number of benzene rings is 1. The van der Waals surface area contributed by atoms with Crippen molar-refractivity contribution >= 4 is 45.7 Å². The van der Waals surface area contributed by atoms with Gasteiger partial charge in [0.05, 0.1) is 0 Å². The predicted octanol–water partition coefficient (Wildman–Crippen LogP) is 5.02. The molecule has 0 unspecified atom stereocenters. The van der Waals surface area contributed by atoms with E-state index in [1.807, 2.05) is 60.0 Å². The van der Waals surface area contributed by atoms with Gasteiger partial charge in [0.15, 0.2) is 0 Å². The van der Waals surface area contributed by atoms with E-state index in [9.17, 15) is 9.59 Å². The molecule has 0 aliphatic carbocycles. The van der Waals surface area contributed by atoms with Gasteiger partial charge in [0, 0.05) is 58.4 Å². The van der Waals surface area contributed by atoms with E-state index in [0.29, 0.717) is 35.9 Å². The van der Waals surface area contributed by atoms with Crippen LogP contribution in [0.1, 0.15) is 48.8 Å². The maximum absolute atomic E-state index is 13.4. The number of thiophene rings is 1. The standard InChI is InChI=1S/C25H23ClN4O2S/c1-14-20-9-18(26)3-4-22(20)29-23(14)25(32)30-7-5-19-17(12-30)10-27-15(2)21(19)11-28-24(31)16-6-8-33-13-16/h3-4,6,8-10,13,29H,5,7,11-12H2,1-2H3,(H,28,31). The Labute approximate surface area is 200 Å². The molecule has 168 valence electrons. The largest absolute Gasteiger partial charge is 0.350 e. The average molecular weight is 479 g/mol. The maximum Gasteiger partial charge on any atom is 0.270 e. The Balaban J connectivity index is 1.37. The first kappa shape index (κ1) is 21.7. The van der Waals surface area contributed by atoms with Crippen LogP contribution in [0, 0.1) is 13.8 Å². The van der Waals surface area contributed by atoms with Crippen molar-refractivity contribution in [1.82, 2.24) is 20.2 Å². The van der Waals surface area contributed by atoms with Gasteiger partial charge in [-0.3, -0.25) is 14.6 Å². The van der Waals surface area contributed by atoms with Crippen molar-refractivity contribution in [2.24, 2.45) is 0 Å². The Hall–Kier alpha value is -3.16. The summed E-state index contributed by atoms with van der Waals surface area (Å²) in [5.74, 6) is -0.117. The van der Waals surface area contributed by atoms with E-state index in [2.05, 4.69) is 15.3 Å². The Morgan fingerprint density at radius 1 is 1.27 bits per heavy atom. The summed E-state index contributed by atoms with van der Waals surface area (Å²) < 4.78 is 0. The van der Waals surface area contributed by atoms with Crippen LogP contribution < -0.4 is 5.32 Å². The molecule has 6 nitrogen and oxygen atoms in total. The molecular weight excluding hydrogens is 456 g/mol.